The van der Waals surface area contributed by atoms with E-state index in [1.165, 1.54) is 11.3 Å². The number of nitrogens with one attached hydrogen (secondary N) is 1. The maximum atomic E-state index is 4.45. The largest absolute Gasteiger partial charge is 0.316 e. The first-order valence-corrected chi connectivity index (χ1v) is 7.30. The van der Waals surface area contributed by atoms with Gasteiger partial charge in [-0.05, 0) is 41.9 Å². The van der Waals surface area contributed by atoms with E-state index in [1.54, 1.807) is 0 Å². The first kappa shape index (κ1) is 14.3. The number of rotatable bonds is 5. The fraction of sp³-hybridized carbons (Fsp3) is 0.400. The molecule has 0 amide bonds. The molecule has 0 aliphatic heterocycles. The molecule has 0 bridgehead atoms. The lowest BCUT2D eigenvalue weighted by atomic mass is 10.0. The van der Waals surface area contributed by atoms with Crippen LogP contribution in [0.3, 0.4) is 0 Å². The van der Waals surface area contributed by atoms with E-state index in [1.807, 2.05) is 25.7 Å². The summed E-state index contributed by atoms with van der Waals surface area (Å²) in [5.74, 6) is 0. The number of nitrogens with zero attached hydrogens (tertiary/aromatic N) is 2. The molecule has 0 fully saturated rings. The first-order valence-electron chi connectivity index (χ1n) is 6.51. The highest BCUT2D eigenvalue weighted by Crippen LogP contribution is 2.22. The average molecular weight is 322 g/mol. The van der Waals surface area contributed by atoms with Crippen molar-refractivity contribution in [3.05, 3.63) is 51.8 Å². The third-order valence-corrected chi connectivity index (χ3v) is 4.47. The Morgan fingerprint density at radius 3 is 2.47 bits per heavy atom. The van der Waals surface area contributed by atoms with Crippen LogP contribution in [0.2, 0.25) is 0 Å². The topological polar surface area (TPSA) is 29.9 Å². The van der Waals surface area contributed by atoms with Gasteiger partial charge in [-0.2, -0.15) is 5.10 Å². The Labute approximate surface area is 123 Å². The molecule has 3 nitrogen and oxygen atoms in total. The standard InChI is InChI=1S/C15H20BrN3/c1-11-15(16)14(19(3)18-11)10-13(17-2)9-12-7-5-4-6-8-12/h4-8,13,17H,9-10H2,1-3H3. The minimum Gasteiger partial charge on any atom is -0.316 e. The highest BCUT2D eigenvalue weighted by atomic mass is 79.9. The van der Waals surface area contributed by atoms with Crippen LogP contribution in [0.25, 0.3) is 0 Å². The molecule has 19 heavy (non-hydrogen) atoms. The summed E-state index contributed by atoms with van der Waals surface area (Å²) in [4.78, 5) is 0. The van der Waals surface area contributed by atoms with Crippen LogP contribution in [0.1, 0.15) is 17.0 Å². The molecule has 4 heteroatoms. The zero-order valence-electron chi connectivity index (χ0n) is 11.7. The van der Waals surface area contributed by atoms with Crippen LogP contribution in [-0.2, 0) is 19.9 Å². The SMILES string of the molecule is CNC(Cc1ccccc1)Cc1c(Br)c(C)nn1C. The van der Waals surface area contributed by atoms with Crippen LogP contribution in [0.4, 0.5) is 0 Å². The molecule has 0 saturated heterocycles. The Morgan fingerprint density at radius 1 is 1.26 bits per heavy atom. The van der Waals surface area contributed by atoms with E-state index in [4.69, 9.17) is 0 Å². The Balaban J connectivity index is 2.11. The third-order valence-electron chi connectivity index (χ3n) is 3.43. The van der Waals surface area contributed by atoms with Crippen molar-refractivity contribution in [1.82, 2.24) is 15.1 Å². The molecule has 1 aromatic heterocycles. The second kappa shape index (κ2) is 6.35. The van der Waals surface area contributed by atoms with E-state index >= 15 is 0 Å². The van der Waals surface area contributed by atoms with Crippen LogP contribution >= 0.6 is 15.9 Å². The summed E-state index contributed by atoms with van der Waals surface area (Å²) >= 11 is 3.63. The minimum absolute atomic E-state index is 0.411. The zero-order chi connectivity index (χ0) is 13.8. The number of hydrogen-bond acceptors (Lipinski definition) is 2. The highest BCUT2D eigenvalue weighted by molar-refractivity contribution is 9.10. The molecule has 0 spiro atoms. The molecule has 1 aromatic carbocycles. The van der Waals surface area contributed by atoms with Crippen molar-refractivity contribution < 1.29 is 0 Å². The quantitative estimate of drug-likeness (QED) is 0.917. The monoisotopic (exact) mass is 321 g/mol. The molecular formula is C15H20BrN3. The molecule has 2 aromatic rings. The van der Waals surface area contributed by atoms with Crippen molar-refractivity contribution in [3.63, 3.8) is 0 Å². The van der Waals surface area contributed by atoms with E-state index in [0.29, 0.717) is 6.04 Å². The molecule has 1 N–H and O–H groups in total. The second-order valence-corrected chi connectivity index (χ2v) is 5.64. The Hall–Kier alpha value is -1.13. The van der Waals surface area contributed by atoms with Crippen LogP contribution in [-0.4, -0.2) is 22.9 Å². The summed E-state index contributed by atoms with van der Waals surface area (Å²) in [5, 5.41) is 7.85. The molecule has 1 unspecified atom stereocenters. The summed E-state index contributed by atoms with van der Waals surface area (Å²) in [6, 6.07) is 11.0. The predicted octanol–water partition coefficient (Wildman–Crippen LogP) is 2.86. The van der Waals surface area contributed by atoms with Crippen molar-refractivity contribution in [3.8, 4) is 0 Å². The molecule has 1 atom stereocenters. The van der Waals surface area contributed by atoms with E-state index in [2.05, 4.69) is 56.7 Å². The fourth-order valence-electron chi connectivity index (χ4n) is 2.31. The van der Waals surface area contributed by atoms with Crippen LogP contribution in [0.15, 0.2) is 34.8 Å². The van der Waals surface area contributed by atoms with Crippen LogP contribution < -0.4 is 5.32 Å². The lowest BCUT2D eigenvalue weighted by molar-refractivity contribution is 0.532. The Kier molecular flexibility index (Phi) is 4.77. The molecule has 1 heterocycles. The summed E-state index contributed by atoms with van der Waals surface area (Å²) in [7, 11) is 4.02. The molecule has 2 rings (SSSR count). The van der Waals surface area contributed by atoms with Gasteiger partial charge in [0.15, 0.2) is 0 Å². The van der Waals surface area contributed by atoms with E-state index in [-0.39, 0.29) is 0 Å². The van der Waals surface area contributed by atoms with Crippen LogP contribution in [0.5, 0.6) is 0 Å². The number of benzene rings is 1. The Morgan fingerprint density at radius 2 is 1.95 bits per heavy atom. The highest BCUT2D eigenvalue weighted by Gasteiger charge is 2.16. The number of aromatic nitrogens is 2. The maximum absolute atomic E-state index is 4.45. The Bertz CT molecular complexity index is 534. The van der Waals surface area contributed by atoms with E-state index in [0.717, 1.165) is 23.0 Å². The van der Waals surface area contributed by atoms with Crippen molar-refractivity contribution in [2.45, 2.75) is 25.8 Å². The van der Waals surface area contributed by atoms with Gasteiger partial charge in [-0.25, -0.2) is 0 Å². The number of halogens is 1. The normalized spacial score (nSPS) is 12.6. The van der Waals surface area contributed by atoms with Gasteiger partial charge >= 0.3 is 0 Å². The number of aryl methyl sites for hydroxylation is 2. The second-order valence-electron chi connectivity index (χ2n) is 4.85. The van der Waals surface area contributed by atoms with Crippen molar-refractivity contribution in [1.29, 1.82) is 0 Å². The van der Waals surface area contributed by atoms with Crippen molar-refractivity contribution in [2.24, 2.45) is 7.05 Å². The van der Waals surface area contributed by atoms with Gasteiger partial charge in [0.25, 0.3) is 0 Å². The summed E-state index contributed by atoms with van der Waals surface area (Å²) in [5.41, 5.74) is 3.65. The minimum atomic E-state index is 0.411. The van der Waals surface area contributed by atoms with Crippen molar-refractivity contribution in [2.75, 3.05) is 7.05 Å². The summed E-state index contributed by atoms with van der Waals surface area (Å²) < 4.78 is 3.10. The molecule has 0 saturated carbocycles. The maximum Gasteiger partial charge on any atom is 0.0738 e. The van der Waals surface area contributed by atoms with Crippen molar-refractivity contribution >= 4 is 15.9 Å². The van der Waals surface area contributed by atoms with Crippen LogP contribution in [0, 0.1) is 6.92 Å². The van der Waals surface area contributed by atoms with Gasteiger partial charge in [-0.15, -0.1) is 0 Å². The van der Waals surface area contributed by atoms with E-state index in [9.17, 15) is 0 Å². The molecule has 102 valence electrons. The first-order chi connectivity index (χ1) is 9.11. The smallest absolute Gasteiger partial charge is 0.0738 e. The van der Waals surface area contributed by atoms with Gasteiger partial charge in [0.1, 0.15) is 0 Å². The molecule has 0 radical (unpaired) electrons. The van der Waals surface area contributed by atoms with Gasteiger partial charge in [-0.1, -0.05) is 30.3 Å². The number of likely N-dealkylation sites (N-methyl/N-ethyl adjacent to an activating group) is 1. The lowest BCUT2D eigenvalue weighted by Gasteiger charge is -2.16. The fourth-order valence-corrected chi connectivity index (χ4v) is 2.81. The van der Waals surface area contributed by atoms with Gasteiger partial charge in [-0.3, -0.25) is 4.68 Å². The molecular weight excluding hydrogens is 302 g/mol. The number of hydrogen-bond donors (Lipinski definition) is 1. The summed E-state index contributed by atoms with van der Waals surface area (Å²) in [6.07, 6.45) is 1.98. The lowest BCUT2D eigenvalue weighted by Crippen LogP contribution is -2.30. The van der Waals surface area contributed by atoms with Gasteiger partial charge in [0.2, 0.25) is 0 Å². The summed E-state index contributed by atoms with van der Waals surface area (Å²) in [6.45, 7) is 2.03. The van der Waals surface area contributed by atoms with Gasteiger partial charge in [0.05, 0.1) is 15.9 Å². The van der Waals surface area contributed by atoms with E-state index < -0.39 is 0 Å². The molecule has 0 aliphatic carbocycles. The molecule has 0 aliphatic rings. The van der Waals surface area contributed by atoms with Gasteiger partial charge in [0, 0.05) is 19.5 Å². The predicted molar refractivity (Wildman–Crippen MR) is 82.3 cm³/mol. The zero-order valence-corrected chi connectivity index (χ0v) is 13.2. The average Bonchev–Trinajstić information content (AvgIpc) is 2.65. The van der Waals surface area contributed by atoms with Gasteiger partial charge < -0.3 is 5.32 Å². The third kappa shape index (κ3) is 3.45.